The zero-order valence-electron chi connectivity index (χ0n) is 29.9. The van der Waals surface area contributed by atoms with Gasteiger partial charge in [0.1, 0.15) is 0 Å². The third-order valence-corrected chi connectivity index (χ3v) is 11.6. The van der Waals surface area contributed by atoms with E-state index in [1.807, 2.05) is 0 Å². The van der Waals surface area contributed by atoms with Crippen LogP contribution in [0.15, 0.2) is 0 Å². The maximum absolute atomic E-state index is 10.3. The smallest absolute Gasteiger partial charge is 0.197 e. The molecule has 0 aromatic heterocycles. The van der Waals surface area contributed by atoms with E-state index >= 15 is 0 Å². The Morgan fingerprint density at radius 2 is 0.756 bits per heavy atom. The van der Waals surface area contributed by atoms with Crippen molar-refractivity contribution < 1.29 is 29.7 Å². The summed E-state index contributed by atoms with van der Waals surface area (Å²) in [6.45, 7) is 15.4. The van der Waals surface area contributed by atoms with E-state index < -0.39 is 17.9 Å². The van der Waals surface area contributed by atoms with Gasteiger partial charge in [0.15, 0.2) is 0 Å². The monoisotopic (exact) mass is 824 g/mol. The molecule has 0 heterocycles. The van der Waals surface area contributed by atoms with Crippen molar-refractivity contribution in [3.63, 3.8) is 0 Å². The van der Waals surface area contributed by atoms with Crippen molar-refractivity contribution in [3.05, 3.63) is 0 Å². The van der Waals surface area contributed by atoms with E-state index in [4.69, 9.17) is 15.3 Å². The average molecular weight is 824 g/mol. The van der Waals surface area contributed by atoms with Crippen molar-refractivity contribution in [1.29, 1.82) is 0 Å². The molecule has 0 fully saturated rings. The summed E-state index contributed by atoms with van der Waals surface area (Å²) in [7, 11) is 0. The van der Waals surface area contributed by atoms with E-state index in [1.165, 1.54) is 117 Å². The first-order chi connectivity index (χ1) is 21.0. The maximum Gasteiger partial charge on any atom is -0.197 e. The molecule has 2 radical (unpaired) electrons. The summed E-state index contributed by atoms with van der Waals surface area (Å²) in [5.41, 5.74) is 0. The molecule has 0 saturated carbocycles. The van der Waals surface area contributed by atoms with Gasteiger partial charge in [-0.3, -0.25) is 14.4 Å². The van der Waals surface area contributed by atoms with Gasteiger partial charge in [-0.2, -0.15) is 13.5 Å². The molecule has 0 amide bonds. The number of thioether (sulfide) groups is 3. The molecule has 0 aromatic carbocycles. The van der Waals surface area contributed by atoms with Gasteiger partial charge in [0, 0.05) is 0 Å². The Hall–Kier alpha value is 0.609. The van der Waals surface area contributed by atoms with Crippen molar-refractivity contribution >= 4 is 89.2 Å². The zero-order chi connectivity index (χ0) is 34.4. The first-order valence-electron chi connectivity index (χ1n) is 17.1. The van der Waals surface area contributed by atoms with Crippen LogP contribution in [0.2, 0.25) is 4.44 Å². The molecule has 11 heteroatoms. The molecule has 0 aromatic rings. The van der Waals surface area contributed by atoms with E-state index in [0.717, 1.165) is 17.3 Å². The predicted molar refractivity (Wildman–Crippen MR) is 212 cm³/mol. The van der Waals surface area contributed by atoms with Gasteiger partial charge in [0.2, 0.25) is 0 Å². The van der Waals surface area contributed by atoms with Crippen molar-refractivity contribution in [3.8, 4) is 0 Å². The number of carboxylic acid groups (broad SMARTS) is 3. The van der Waals surface area contributed by atoms with Crippen LogP contribution in [0.4, 0.5) is 0 Å². The molecular weight excluding hydrogens is 751 g/mol. The number of carbonyl (C=O) groups is 3. The van der Waals surface area contributed by atoms with Crippen molar-refractivity contribution in [2.45, 2.75) is 143 Å². The first-order valence-corrected chi connectivity index (χ1v) is 22.9. The first kappa shape index (κ1) is 55.0. The minimum Gasteiger partial charge on any atom is -0.197 e. The number of rotatable bonds is 26. The topological polar surface area (TPSA) is 112 Å². The summed E-state index contributed by atoms with van der Waals surface area (Å²) in [5, 5.41) is 25.4. The molecule has 0 aliphatic carbocycles. The molecule has 0 aliphatic heterocycles. The fraction of sp³-hybridized carbons (Fsp3) is 0.912. The summed E-state index contributed by atoms with van der Waals surface area (Å²) in [4.78, 5) is 30.8. The predicted octanol–water partition coefficient (Wildman–Crippen LogP) is 10.3. The Balaban J connectivity index is -0.000000163. The van der Waals surface area contributed by atoms with Crippen molar-refractivity contribution in [1.82, 2.24) is 0 Å². The van der Waals surface area contributed by atoms with Crippen LogP contribution in [0.25, 0.3) is 0 Å². The molecule has 0 bridgehead atoms. The summed E-state index contributed by atoms with van der Waals surface area (Å²) >= 11 is 6.09. The van der Waals surface area contributed by atoms with Gasteiger partial charge in [-0.25, -0.2) is 0 Å². The van der Waals surface area contributed by atoms with Crippen LogP contribution in [-0.4, -0.2) is 90.3 Å². The molecule has 0 rings (SSSR count). The summed E-state index contributed by atoms with van der Waals surface area (Å²) in [6, 6.07) is 0. The summed E-state index contributed by atoms with van der Waals surface area (Å²) in [5.74, 6) is 3.81. The molecule has 3 unspecified atom stereocenters. The van der Waals surface area contributed by atoms with Gasteiger partial charge in [-0.05, 0) is 54.3 Å². The van der Waals surface area contributed by atoms with Gasteiger partial charge < -0.3 is 15.3 Å². The standard InChI is InChI=1S/3C10H20O2S.C4H9.H2S.Sn.H/c3*1-3-5-6-9(4-2)7-13-8-10(11)12;1-3-4-2;;;/h3*9H,3-8H2,1-2H3,(H,11,12);1,3-4H2,2H3;1H2;;. The largest absolute Gasteiger partial charge is 0.197 e. The minimum absolute atomic E-state index is 0. The normalized spacial score (nSPS) is 12.0. The second-order valence-electron chi connectivity index (χ2n) is 11.1. The fourth-order valence-corrected chi connectivity index (χ4v) is 8.09. The van der Waals surface area contributed by atoms with Crippen LogP contribution < -0.4 is 0 Å². The summed E-state index contributed by atoms with van der Waals surface area (Å²) in [6.07, 6.45) is 17.6. The Morgan fingerprint density at radius 3 is 0.889 bits per heavy atom. The van der Waals surface area contributed by atoms with E-state index in [1.54, 1.807) is 35.3 Å². The number of carboxylic acids is 3. The van der Waals surface area contributed by atoms with E-state index in [9.17, 15) is 14.4 Å². The van der Waals surface area contributed by atoms with Crippen LogP contribution in [0.1, 0.15) is 138 Å². The van der Waals surface area contributed by atoms with Crippen LogP contribution in [0.5, 0.6) is 0 Å². The molecule has 3 N–H and O–H groups in total. The fourth-order valence-electron chi connectivity index (χ4n) is 3.84. The third-order valence-electron chi connectivity index (χ3n) is 6.92. The van der Waals surface area contributed by atoms with Crippen LogP contribution >= 0.6 is 48.8 Å². The molecule has 0 aliphatic rings. The Labute approximate surface area is 311 Å². The van der Waals surface area contributed by atoms with Crippen molar-refractivity contribution in [2.75, 3.05) is 34.5 Å². The Kier molecular flexibility index (Phi) is 57.1. The van der Waals surface area contributed by atoms with Gasteiger partial charge in [-0.1, -0.05) is 99.3 Å². The second kappa shape index (κ2) is 46.7. The number of unbranched alkanes of at least 4 members (excludes halogenated alkanes) is 4. The Morgan fingerprint density at radius 1 is 0.511 bits per heavy atom. The van der Waals surface area contributed by atoms with Gasteiger partial charge in [0.25, 0.3) is 0 Å². The van der Waals surface area contributed by atoms with Gasteiger partial charge in [0.05, 0.1) is 17.3 Å². The molecule has 0 spiro atoms. The molecular formula is C34H72O6S4Sn. The van der Waals surface area contributed by atoms with Crippen molar-refractivity contribution in [2.24, 2.45) is 17.8 Å². The number of hydrogen-bond acceptors (Lipinski definition) is 6. The second-order valence-corrected chi connectivity index (χ2v) is 15.9. The summed E-state index contributed by atoms with van der Waals surface area (Å²) < 4.78 is 1.47. The Bertz CT molecular complexity index is 539. The number of hydrogen-bond donors (Lipinski definition) is 3. The molecule has 45 heavy (non-hydrogen) atoms. The minimum atomic E-state index is -0.699. The van der Waals surface area contributed by atoms with E-state index in [0.29, 0.717) is 17.8 Å². The molecule has 272 valence electrons. The SMILES string of the molecule is CCCCC(CC)CSCC(=O)O.CCCCC(CC)CSCC(=O)O.CCCCC(CC)CSCC(=O)O.CCC[CH2][SnH].S. The zero-order valence-corrected chi connectivity index (χ0v) is 36.7. The van der Waals surface area contributed by atoms with Gasteiger partial charge >= 0.3 is 64.6 Å². The van der Waals surface area contributed by atoms with E-state index in [2.05, 4.69) is 48.5 Å². The van der Waals surface area contributed by atoms with E-state index in [-0.39, 0.29) is 30.8 Å². The maximum atomic E-state index is 10.3. The van der Waals surface area contributed by atoms with Crippen LogP contribution in [-0.2, 0) is 14.4 Å². The number of aliphatic carboxylic acids is 3. The van der Waals surface area contributed by atoms with Gasteiger partial charge in [-0.15, -0.1) is 35.3 Å². The quantitative estimate of drug-likeness (QED) is 0.0734. The van der Waals surface area contributed by atoms with Crippen LogP contribution in [0, 0.1) is 17.8 Å². The third kappa shape index (κ3) is 54.3. The molecule has 3 atom stereocenters. The molecule has 0 saturated heterocycles. The molecule has 6 nitrogen and oxygen atoms in total. The van der Waals surface area contributed by atoms with Crippen LogP contribution in [0.3, 0.4) is 0 Å². The average Bonchev–Trinajstić information content (AvgIpc) is 2.99.